The van der Waals surface area contributed by atoms with Crippen molar-refractivity contribution >= 4 is 33.9 Å². The molecule has 0 unspecified atom stereocenters. The zero-order valence-corrected chi connectivity index (χ0v) is 17.1. The lowest BCUT2D eigenvalue weighted by molar-refractivity contribution is 0.415. The number of benzene rings is 1. The van der Waals surface area contributed by atoms with Gasteiger partial charge in [-0.2, -0.15) is 0 Å². The minimum Gasteiger partial charge on any atom is -0.497 e. The van der Waals surface area contributed by atoms with Gasteiger partial charge in [0.1, 0.15) is 17.3 Å². The Kier molecular flexibility index (Phi) is 5.31. The topological polar surface area (TPSA) is 99.1 Å². The normalized spacial score (nSPS) is 11.0. The molecule has 0 fully saturated rings. The van der Waals surface area contributed by atoms with Crippen molar-refractivity contribution in [1.29, 1.82) is 0 Å². The third-order valence-electron chi connectivity index (χ3n) is 3.81. The Morgan fingerprint density at radius 2 is 1.89 bits per heavy atom. The number of furan rings is 1. The van der Waals surface area contributed by atoms with E-state index in [4.69, 9.17) is 13.6 Å². The quantitative estimate of drug-likeness (QED) is 0.425. The summed E-state index contributed by atoms with van der Waals surface area (Å²) < 4.78 is 17.2. The molecule has 0 spiro atoms. The Labute approximate surface area is 169 Å². The van der Waals surface area contributed by atoms with E-state index in [1.807, 2.05) is 44.2 Å². The number of nitrogens with one attached hydrogen (secondary N) is 1. The van der Waals surface area contributed by atoms with E-state index in [9.17, 15) is 0 Å². The van der Waals surface area contributed by atoms with E-state index in [0.717, 1.165) is 32.9 Å². The molecule has 3 heterocycles. The fourth-order valence-corrected chi connectivity index (χ4v) is 4.11. The first-order valence-corrected chi connectivity index (χ1v) is 10.2. The summed E-state index contributed by atoms with van der Waals surface area (Å²) in [6.07, 6.45) is 0. The lowest BCUT2D eigenvalue weighted by atomic mass is 10.2. The molecular weight excluding hydrogens is 398 g/mol. The van der Waals surface area contributed by atoms with Crippen LogP contribution in [0.15, 0.2) is 43.5 Å². The van der Waals surface area contributed by atoms with Crippen molar-refractivity contribution in [2.75, 3.05) is 12.4 Å². The van der Waals surface area contributed by atoms with Gasteiger partial charge in [0.15, 0.2) is 4.34 Å². The Balaban J connectivity index is 1.36. The molecule has 0 amide bonds. The van der Waals surface area contributed by atoms with Crippen LogP contribution in [0.3, 0.4) is 0 Å². The van der Waals surface area contributed by atoms with E-state index < -0.39 is 0 Å². The highest BCUT2D eigenvalue weighted by molar-refractivity contribution is 8.00. The Morgan fingerprint density at radius 3 is 2.61 bits per heavy atom. The highest BCUT2D eigenvalue weighted by Crippen LogP contribution is 2.31. The van der Waals surface area contributed by atoms with Crippen LogP contribution in [-0.2, 0) is 5.75 Å². The van der Waals surface area contributed by atoms with E-state index in [1.54, 1.807) is 7.11 Å². The number of methoxy groups -OCH3 is 1. The molecule has 0 atom stereocenters. The van der Waals surface area contributed by atoms with Crippen molar-refractivity contribution in [3.05, 3.63) is 47.7 Å². The minimum absolute atomic E-state index is 0.462. The molecule has 4 rings (SSSR count). The second-order valence-corrected chi connectivity index (χ2v) is 8.04. The van der Waals surface area contributed by atoms with E-state index in [-0.39, 0.29) is 0 Å². The van der Waals surface area contributed by atoms with Gasteiger partial charge < -0.3 is 18.9 Å². The maximum atomic E-state index is 5.74. The fraction of sp³-hybridized carbons (Fsp3) is 0.222. The molecule has 28 heavy (non-hydrogen) atoms. The Bertz CT molecular complexity index is 1070. The first kappa shape index (κ1) is 18.5. The van der Waals surface area contributed by atoms with E-state index in [1.165, 1.54) is 23.1 Å². The highest BCUT2D eigenvalue weighted by atomic mass is 32.2. The predicted molar refractivity (Wildman–Crippen MR) is 107 cm³/mol. The number of hydrogen-bond acceptors (Lipinski definition) is 10. The second kappa shape index (κ2) is 8.03. The number of rotatable bonds is 7. The van der Waals surface area contributed by atoms with Crippen molar-refractivity contribution in [2.45, 2.75) is 23.9 Å². The third kappa shape index (κ3) is 4.18. The fourth-order valence-electron chi connectivity index (χ4n) is 2.50. The molecule has 4 aromatic rings. The summed E-state index contributed by atoms with van der Waals surface area (Å²) in [5.74, 6) is 3.88. The first-order valence-electron chi connectivity index (χ1n) is 8.38. The maximum Gasteiger partial charge on any atom is 0.251 e. The van der Waals surface area contributed by atoms with Crippen LogP contribution in [0.2, 0.25) is 0 Å². The minimum atomic E-state index is 0.462. The predicted octanol–water partition coefficient (Wildman–Crippen LogP) is 4.84. The molecule has 0 aliphatic rings. The van der Waals surface area contributed by atoms with Crippen LogP contribution in [-0.4, -0.2) is 27.5 Å². The lowest BCUT2D eigenvalue weighted by Crippen LogP contribution is -1.89. The Hall–Kier alpha value is -2.85. The van der Waals surface area contributed by atoms with Crippen LogP contribution in [0.4, 0.5) is 10.8 Å². The van der Waals surface area contributed by atoms with Gasteiger partial charge >= 0.3 is 0 Å². The number of aryl methyl sites for hydroxylation is 2. The van der Waals surface area contributed by atoms with Crippen molar-refractivity contribution in [1.82, 2.24) is 20.4 Å². The van der Waals surface area contributed by atoms with Gasteiger partial charge in [0.25, 0.3) is 5.89 Å². The highest BCUT2D eigenvalue weighted by Gasteiger charge is 2.15. The smallest absolute Gasteiger partial charge is 0.251 e. The summed E-state index contributed by atoms with van der Waals surface area (Å²) in [6.45, 7) is 3.76. The lowest BCUT2D eigenvalue weighted by Gasteiger charge is -2.03. The first-order chi connectivity index (χ1) is 13.6. The van der Waals surface area contributed by atoms with Gasteiger partial charge in [0.05, 0.1) is 18.4 Å². The van der Waals surface area contributed by atoms with Crippen LogP contribution in [0.25, 0.3) is 11.5 Å². The van der Waals surface area contributed by atoms with Crippen LogP contribution in [0.5, 0.6) is 5.75 Å². The maximum absolute atomic E-state index is 5.74. The molecular formula is C18H17N5O3S2. The summed E-state index contributed by atoms with van der Waals surface area (Å²) in [5, 5.41) is 20.5. The number of aromatic nitrogens is 4. The molecule has 3 aromatic heterocycles. The van der Waals surface area contributed by atoms with Crippen molar-refractivity contribution in [3.8, 4) is 17.2 Å². The van der Waals surface area contributed by atoms with Crippen LogP contribution >= 0.6 is 23.1 Å². The second-order valence-electron chi connectivity index (χ2n) is 5.84. The van der Waals surface area contributed by atoms with Crippen molar-refractivity contribution in [3.63, 3.8) is 0 Å². The van der Waals surface area contributed by atoms with Gasteiger partial charge in [-0.15, -0.1) is 20.4 Å². The molecule has 0 saturated carbocycles. The molecule has 0 radical (unpaired) electrons. The number of thioether (sulfide) groups is 1. The molecule has 0 saturated heterocycles. The largest absolute Gasteiger partial charge is 0.497 e. The zero-order valence-electron chi connectivity index (χ0n) is 15.4. The molecule has 0 bridgehead atoms. The van der Waals surface area contributed by atoms with Crippen LogP contribution < -0.4 is 10.1 Å². The number of ether oxygens (including phenoxy) is 1. The van der Waals surface area contributed by atoms with Gasteiger partial charge in [-0.25, -0.2) is 0 Å². The molecule has 1 aromatic carbocycles. The molecule has 8 nitrogen and oxygen atoms in total. The average Bonchev–Trinajstić information content (AvgIpc) is 3.41. The van der Waals surface area contributed by atoms with Crippen LogP contribution in [0, 0.1) is 13.8 Å². The summed E-state index contributed by atoms with van der Waals surface area (Å²) in [7, 11) is 1.64. The molecule has 0 aliphatic heterocycles. The monoisotopic (exact) mass is 415 g/mol. The zero-order chi connectivity index (χ0) is 19.5. The summed E-state index contributed by atoms with van der Waals surface area (Å²) in [6, 6.07) is 9.51. The van der Waals surface area contributed by atoms with Gasteiger partial charge in [0, 0.05) is 5.69 Å². The van der Waals surface area contributed by atoms with Gasteiger partial charge in [-0.05, 0) is 44.2 Å². The number of nitrogens with zero attached hydrogens (tertiary/aromatic N) is 4. The molecule has 1 N–H and O–H groups in total. The van der Waals surface area contributed by atoms with E-state index in [2.05, 4.69) is 25.7 Å². The van der Waals surface area contributed by atoms with Gasteiger partial charge in [0.2, 0.25) is 11.0 Å². The third-order valence-corrected chi connectivity index (χ3v) is 5.76. The van der Waals surface area contributed by atoms with Crippen LogP contribution in [0.1, 0.15) is 17.4 Å². The standard InChI is InChI=1S/C18H17N5O3S2/c1-10-8-14(11(2)25-10)16-21-20-15(26-16)9-27-18-23-22-17(28-18)19-12-4-6-13(24-3)7-5-12/h4-8H,9H2,1-3H3,(H,19,22). The van der Waals surface area contributed by atoms with E-state index in [0.29, 0.717) is 22.7 Å². The summed E-state index contributed by atoms with van der Waals surface area (Å²) >= 11 is 2.95. The molecule has 144 valence electrons. The molecule has 10 heteroatoms. The summed E-state index contributed by atoms with van der Waals surface area (Å²) in [5.41, 5.74) is 1.74. The molecule has 0 aliphatic carbocycles. The number of hydrogen-bond donors (Lipinski definition) is 1. The number of anilines is 2. The van der Waals surface area contributed by atoms with Crippen molar-refractivity contribution < 1.29 is 13.6 Å². The average molecular weight is 416 g/mol. The Morgan fingerprint density at radius 1 is 1.07 bits per heavy atom. The van der Waals surface area contributed by atoms with Crippen molar-refractivity contribution in [2.24, 2.45) is 0 Å². The van der Waals surface area contributed by atoms with Gasteiger partial charge in [-0.1, -0.05) is 23.1 Å². The van der Waals surface area contributed by atoms with E-state index >= 15 is 0 Å². The summed E-state index contributed by atoms with van der Waals surface area (Å²) in [4.78, 5) is 0. The SMILES string of the molecule is COc1ccc(Nc2nnc(SCc3nnc(-c4cc(C)oc4C)o3)s2)cc1. The van der Waals surface area contributed by atoms with Gasteiger partial charge in [-0.3, -0.25) is 0 Å².